The van der Waals surface area contributed by atoms with Gasteiger partial charge in [-0.3, -0.25) is 9.78 Å². The maximum atomic E-state index is 12.2. The first-order chi connectivity index (χ1) is 13.5. The first kappa shape index (κ1) is 19.3. The number of amides is 1. The second-order valence-corrected chi connectivity index (χ2v) is 6.93. The molecule has 0 radical (unpaired) electrons. The Kier molecular flexibility index (Phi) is 5.84. The van der Waals surface area contributed by atoms with E-state index in [4.69, 9.17) is 0 Å². The molecule has 0 spiro atoms. The molecule has 0 aliphatic carbocycles. The first-order valence-electron chi connectivity index (χ1n) is 9.10. The number of rotatable bonds is 6. The molecule has 0 fully saturated rings. The molecule has 2 N–H and O–H groups in total. The average Bonchev–Trinajstić information content (AvgIpc) is 2.70. The van der Waals surface area contributed by atoms with E-state index in [0.717, 1.165) is 27.5 Å². The van der Waals surface area contributed by atoms with Gasteiger partial charge in [-0.25, -0.2) is 4.79 Å². The van der Waals surface area contributed by atoms with Gasteiger partial charge in [0.25, 0.3) is 0 Å². The SMILES string of the molecule is CC(C)[C@@H](NC(=O)/C=C/c1ccncc1-c1ccc2ccccc2c1)C(=O)O. The molecule has 0 aliphatic rings. The minimum absolute atomic E-state index is 0.205. The lowest BCUT2D eigenvalue weighted by Gasteiger charge is -2.16. The first-order valence-corrected chi connectivity index (χ1v) is 9.10. The van der Waals surface area contributed by atoms with Crippen LogP contribution in [0.5, 0.6) is 0 Å². The molecule has 3 aromatic rings. The van der Waals surface area contributed by atoms with Crippen LogP contribution in [-0.4, -0.2) is 28.0 Å². The Bertz CT molecular complexity index is 1040. The standard InChI is InChI=1S/C23H22N2O3/c1-15(2)22(23(27)28)25-21(26)10-9-17-11-12-24-14-20(17)19-8-7-16-5-3-4-6-18(16)13-19/h3-15,22H,1-2H3,(H,25,26)(H,27,28)/b10-9+/t22-/m1/s1. The average molecular weight is 374 g/mol. The summed E-state index contributed by atoms with van der Waals surface area (Å²) in [7, 11) is 0. The molecule has 1 aromatic heterocycles. The number of hydrogen-bond acceptors (Lipinski definition) is 3. The van der Waals surface area contributed by atoms with Crippen molar-refractivity contribution in [3.63, 3.8) is 0 Å². The summed E-state index contributed by atoms with van der Waals surface area (Å²) in [4.78, 5) is 27.6. The van der Waals surface area contributed by atoms with Crippen LogP contribution in [0.3, 0.4) is 0 Å². The molecule has 1 atom stereocenters. The lowest BCUT2D eigenvalue weighted by molar-refractivity contribution is -0.142. The summed E-state index contributed by atoms with van der Waals surface area (Å²) in [6.07, 6.45) is 6.46. The van der Waals surface area contributed by atoms with Crippen molar-refractivity contribution >= 4 is 28.7 Å². The topological polar surface area (TPSA) is 79.3 Å². The molecule has 0 saturated carbocycles. The molecule has 5 nitrogen and oxygen atoms in total. The fourth-order valence-corrected chi connectivity index (χ4v) is 3.03. The van der Waals surface area contributed by atoms with Crippen LogP contribution in [-0.2, 0) is 9.59 Å². The third-order valence-electron chi connectivity index (χ3n) is 4.56. The van der Waals surface area contributed by atoms with Gasteiger partial charge in [0, 0.05) is 24.0 Å². The van der Waals surface area contributed by atoms with Gasteiger partial charge in [0.2, 0.25) is 5.91 Å². The van der Waals surface area contributed by atoms with Crippen LogP contribution in [0.25, 0.3) is 28.0 Å². The van der Waals surface area contributed by atoms with E-state index in [1.807, 2.05) is 24.3 Å². The second kappa shape index (κ2) is 8.48. The highest BCUT2D eigenvalue weighted by Gasteiger charge is 2.22. The largest absolute Gasteiger partial charge is 0.480 e. The monoisotopic (exact) mass is 374 g/mol. The van der Waals surface area contributed by atoms with Crippen LogP contribution in [0.2, 0.25) is 0 Å². The van der Waals surface area contributed by atoms with Crippen LogP contribution in [0.15, 0.2) is 67.0 Å². The van der Waals surface area contributed by atoms with Gasteiger partial charge in [-0.1, -0.05) is 50.2 Å². The number of hydrogen-bond donors (Lipinski definition) is 2. The number of carbonyl (C=O) groups is 2. The Morgan fingerprint density at radius 2 is 1.82 bits per heavy atom. The molecular weight excluding hydrogens is 352 g/mol. The van der Waals surface area contributed by atoms with Gasteiger partial charge in [0.15, 0.2) is 0 Å². The number of nitrogens with one attached hydrogen (secondary N) is 1. The Morgan fingerprint density at radius 3 is 2.54 bits per heavy atom. The molecule has 28 heavy (non-hydrogen) atoms. The number of nitrogens with zero attached hydrogens (tertiary/aromatic N) is 1. The predicted octanol–water partition coefficient (Wildman–Crippen LogP) is 4.14. The molecule has 142 valence electrons. The normalized spacial score (nSPS) is 12.4. The van der Waals surface area contributed by atoms with E-state index < -0.39 is 17.9 Å². The van der Waals surface area contributed by atoms with Gasteiger partial charge < -0.3 is 10.4 Å². The molecule has 0 aliphatic heterocycles. The van der Waals surface area contributed by atoms with Gasteiger partial charge in [0.1, 0.15) is 6.04 Å². The Labute approximate surface area is 163 Å². The van der Waals surface area contributed by atoms with Crippen molar-refractivity contribution in [3.05, 3.63) is 72.6 Å². The highest BCUT2D eigenvalue weighted by Crippen LogP contribution is 2.27. The number of fused-ring (bicyclic) bond motifs is 1. The maximum Gasteiger partial charge on any atom is 0.326 e. The zero-order valence-corrected chi connectivity index (χ0v) is 15.8. The lowest BCUT2D eigenvalue weighted by atomic mass is 9.98. The van der Waals surface area contributed by atoms with E-state index in [0.29, 0.717) is 0 Å². The highest BCUT2D eigenvalue weighted by molar-refractivity contribution is 5.96. The van der Waals surface area contributed by atoms with Crippen molar-refractivity contribution in [3.8, 4) is 11.1 Å². The minimum Gasteiger partial charge on any atom is -0.480 e. The Morgan fingerprint density at radius 1 is 1.07 bits per heavy atom. The predicted molar refractivity (Wildman–Crippen MR) is 111 cm³/mol. The van der Waals surface area contributed by atoms with Crippen LogP contribution < -0.4 is 5.32 Å². The summed E-state index contributed by atoms with van der Waals surface area (Å²) in [6, 6.07) is 15.2. The van der Waals surface area contributed by atoms with Crippen LogP contribution in [0.1, 0.15) is 19.4 Å². The molecule has 0 bridgehead atoms. The van der Waals surface area contributed by atoms with Gasteiger partial charge in [-0.05, 0) is 46.0 Å². The van der Waals surface area contributed by atoms with Crippen molar-refractivity contribution < 1.29 is 14.7 Å². The van der Waals surface area contributed by atoms with Crippen molar-refractivity contribution in [1.82, 2.24) is 10.3 Å². The van der Waals surface area contributed by atoms with Crippen LogP contribution in [0.4, 0.5) is 0 Å². The zero-order valence-electron chi connectivity index (χ0n) is 15.8. The van der Waals surface area contributed by atoms with Crippen molar-refractivity contribution in [2.45, 2.75) is 19.9 Å². The minimum atomic E-state index is -1.04. The fraction of sp³-hybridized carbons (Fsp3) is 0.174. The van der Waals surface area contributed by atoms with Crippen molar-refractivity contribution in [1.29, 1.82) is 0 Å². The number of carbonyl (C=O) groups excluding carboxylic acids is 1. The maximum absolute atomic E-state index is 12.2. The Balaban J connectivity index is 1.86. The van der Waals surface area contributed by atoms with E-state index in [9.17, 15) is 14.7 Å². The van der Waals surface area contributed by atoms with Gasteiger partial charge in [0.05, 0.1) is 0 Å². The number of carboxylic acid groups (broad SMARTS) is 1. The summed E-state index contributed by atoms with van der Waals surface area (Å²) in [6.45, 7) is 3.51. The van der Waals surface area contributed by atoms with E-state index >= 15 is 0 Å². The summed E-state index contributed by atoms with van der Waals surface area (Å²) in [5.41, 5.74) is 2.73. The molecule has 1 heterocycles. The van der Waals surface area contributed by atoms with Gasteiger partial charge in [-0.2, -0.15) is 0 Å². The molecule has 3 rings (SSSR count). The number of pyridine rings is 1. The summed E-state index contributed by atoms with van der Waals surface area (Å²) in [5, 5.41) is 14.0. The van der Waals surface area contributed by atoms with Crippen molar-refractivity contribution in [2.24, 2.45) is 5.92 Å². The fourth-order valence-electron chi connectivity index (χ4n) is 3.03. The molecule has 0 unspecified atom stereocenters. The zero-order chi connectivity index (χ0) is 20.1. The van der Waals surface area contributed by atoms with Gasteiger partial charge >= 0.3 is 5.97 Å². The van der Waals surface area contributed by atoms with E-state index in [-0.39, 0.29) is 5.92 Å². The summed E-state index contributed by atoms with van der Waals surface area (Å²) >= 11 is 0. The molecule has 2 aromatic carbocycles. The summed E-state index contributed by atoms with van der Waals surface area (Å²) in [5.74, 6) is -1.69. The van der Waals surface area contributed by atoms with Crippen LogP contribution >= 0.6 is 0 Å². The van der Waals surface area contributed by atoms with E-state index in [2.05, 4.69) is 34.6 Å². The van der Waals surface area contributed by atoms with E-state index in [1.54, 1.807) is 32.3 Å². The van der Waals surface area contributed by atoms with Gasteiger partial charge in [-0.15, -0.1) is 0 Å². The molecular formula is C23H22N2O3. The lowest BCUT2D eigenvalue weighted by Crippen LogP contribution is -2.43. The smallest absolute Gasteiger partial charge is 0.326 e. The third-order valence-corrected chi connectivity index (χ3v) is 4.56. The summed E-state index contributed by atoms with van der Waals surface area (Å²) < 4.78 is 0. The van der Waals surface area contributed by atoms with Crippen LogP contribution in [0, 0.1) is 5.92 Å². The number of carboxylic acids is 1. The molecule has 1 amide bonds. The third kappa shape index (κ3) is 4.43. The molecule has 5 heteroatoms. The highest BCUT2D eigenvalue weighted by atomic mass is 16.4. The number of aliphatic carboxylic acids is 1. The second-order valence-electron chi connectivity index (χ2n) is 6.93. The number of aromatic nitrogens is 1. The Hall–Kier alpha value is -3.47. The quantitative estimate of drug-likeness (QED) is 0.636. The van der Waals surface area contributed by atoms with E-state index in [1.165, 1.54) is 6.08 Å². The number of benzene rings is 2. The molecule has 0 saturated heterocycles. The van der Waals surface area contributed by atoms with Crippen molar-refractivity contribution in [2.75, 3.05) is 0 Å².